The summed E-state index contributed by atoms with van der Waals surface area (Å²) in [5, 5.41) is 17.9. The van der Waals surface area contributed by atoms with E-state index in [0.29, 0.717) is 31.3 Å². The van der Waals surface area contributed by atoms with Gasteiger partial charge in [-0.2, -0.15) is 5.10 Å². The molecular weight excluding hydrogens is 480 g/mol. The molecule has 6 rings (SSSR count). The van der Waals surface area contributed by atoms with E-state index in [1.165, 1.54) is 0 Å². The minimum absolute atomic E-state index is 0.123. The number of carbonyl (C=O) groups is 1. The fraction of sp³-hybridized carbons (Fsp3) is 0.429. The van der Waals surface area contributed by atoms with Crippen LogP contribution in [0.4, 0.5) is 5.69 Å². The molecule has 0 unspecified atom stereocenters. The SMILES string of the molecule is CN1CCC(Nc2cccc(C(=O)N[C@@H]3COCc4ccccc43)c2)(c2nc(C3=NCNCC3)n[nH]2)CC1. The van der Waals surface area contributed by atoms with Crippen molar-refractivity contribution in [2.75, 3.05) is 45.3 Å². The summed E-state index contributed by atoms with van der Waals surface area (Å²) in [6.45, 7) is 4.37. The Morgan fingerprint density at radius 3 is 2.87 bits per heavy atom. The highest BCUT2D eigenvalue weighted by Gasteiger charge is 2.39. The van der Waals surface area contributed by atoms with Crippen molar-refractivity contribution in [3.63, 3.8) is 0 Å². The number of rotatable bonds is 6. The Morgan fingerprint density at radius 1 is 1.16 bits per heavy atom. The molecule has 198 valence electrons. The fourth-order valence-electron chi connectivity index (χ4n) is 5.48. The second kappa shape index (κ2) is 10.6. The van der Waals surface area contributed by atoms with Gasteiger partial charge in [-0.25, -0.2) is 4.98 Å². The van der Waals surface area contributed by atoms with Gasteiger partial charge in [0.25, 0.3) is 5.91 Å². The molecule has 0 bridgehead atoms. The van der Waals surface area contributed by atoms with Gasteiger partial charge in [-0.1, -0.05) is 30.3 Å². The van der Waals surface area contributed by atoms with Crippen LogP contribution in [0.2, 0.25) is 0 Å². The summed E-state index contributed by atoms with van der Waals surface area (Å²) in [5.74, 6) is 1.36. The van der Waals surface area contributed by atoms with Crippen LogP contribution in [0.5, 0.6) is 0 Å². The zero-order valence-corrected chi connectivity index (χ0v) is 21.7. The summed E-state index contributed by atoms with van der Waals surface area (Å²) in [7, 11) is 2.14. The molecule has 10 heteroatoms. The van der Waals surface area contributed by atoms with E-state index in [1.807, 2.05) is 42.5 Å². The van der Waals surface area contributed by atoms with Gasteiger partial charge >= 0.3 is 0 Å². The number of ether oxygens (including phenoxy) is 1. The molecule has 4 N–H and O–H groups in total. The van der Waals surface area contributed by atoms with E-state index < -0.39 is 5.54 Å². The molecule has 0 aliphatic carbocycles. The van der Waals surface area contributed by atoms with Crippen LogP contribution >= 0.6 is 0 Å². The lowest BCUT2D eigenvalue weighted by Gasteiger charge is -2.40. The molecule has 1 aromatic heterocycles. The molecule has 1 saturated heterocycles. The molecule has 0 spiro atoms. The molecule has 3 aliphatic heterocycles. The van der Waals surface area contributed by atoms with Gasteiger partial charge in [0, 0.05) is 37.3 Å². The number of fused-ring (bicyclic) bond motifs is 1. The highest BCUT2D eigenvalue weighted by Crippen LogP contribution is 2.35. The predicted octanol–water partition coefficient (Wildman–Crippen LogP) is 2.58. The Kier molecular flexibility index (Phi) is 6.92. The smallest absolute Gasteiger partial charge is 0.251 e. The third kappa shape index (κ3) is 5.07. The van der Waals surface area contributed by atoms with Crippen molar-refractivity contribution in [3.05, 3.63) is 76.9 Å². The molecule has 1 amide bonds. The van der Waals surface area contributed by atoms with Gasteiger partial charge in [-0.05, 0) is 49.2 Å². The highest BCUT2D eigenvalue weighted by molar-refractivity contribution is 5.97. The Labute approximate surface area is 222 Å². The molecule has 38 heavy (non-hydrogen) atoms. The number of anilines is 1. The molecule has 1 fully saturated rings. The topological polar surface area (TPSA) is 120 Å². The van der Waals surface area contributed by atoms with Crippen molar-refractivity contribution < 1.29 is 9.53 Å². The number of hydrogen-bond donors (Lipinski definition) is 4. The Bertz CT molecular complexity index is 1330. The molecule has 4 heterocycles. The summed E-state index contributed by atoms with van der Waals surface area (Å²) in [4.78, 5) is 25.1. The quantitative estimate of drug-likeness (QED) is 0.399. The van der Waals surface area contributed by atoms with Gasteiger partial charge in [0.1, 0.15) is 0 Å². The first-order valence-corrected chi connectivity index (χ1v) is 13.3. The van der Waals surface area contributed by atoms with Crippen LogP contribution in [-0.4, -0.2) is 71.7 Å². The summed E-state index contributed by atoms with van der Waals surface area (Å²) in [6.07, 6.45) is 2.53. The molecule has 3 aromatic rings. The minimum atomic E-state index is -0.420. The van der Waals surface area contributed by atoms with E-state index >= 15 is 0 Å². The third-order valence-electron chi connectivity index (χ3n) is 7.74. The first kappa shape index (κ1) is 24.7. The highest BCUT2D eigenvalue weighted by atomic mass is 16.5. The number of hydrogen-bond acceptors (Lipinski definition) is 8. The fourth-order valence-corrected chi connectivity index (χ4v) is 5.48. The Morgan fingerprint density at radius 2 is 2.03 bits per heavy atom. The maximum atomic E-state index is 13.3. The Hall–Kier alpha value is -3.60. The molecule has 3 aliphatic rings. The Balaban J connectivity index is 1.23. The van der Waals surface area contributed by atoms with Crippen LogP contribution in [-0.2, 0) is 16.9 Å². The largest absolute Gasteiger partial charge is 0.374 e. The van der Waals surface area contributed by atoms with Crippen LogP contribution < -0.4 is 16.0 Å². The van der Waals surface area contributed by atoms with Gasteiger partial charge < -0.3 is 20.3 Å². The number of benzene rings is 2. The van der Waals surface area contributed by atoms with Crippen molar-refractivity contribution in [2.24, 2.45) is 4.99 Å². The summed E-state index contributed by atoms with van der Waals surface area (Å²) < 4.78 is 5.73. The zero-order valence-electron chi connectivity index (χ0n) is 21.7. The number of aliphatic imine (C=N–C) groups is 1. The second-order valence-corrected chi connectivity index (χ2v) is 10.4. The molecule has 0 saturated carbocycles. The van der Waals surface area contributed by atoms with E-state index in [0.717, 1.165) is 67.2 Å². The number of aromatic nitrogens is 3. The van der Waals surface area contributed by atoms with Gasteiger partial charge in [0.05, 0.1) is 37.2 Å². The lowest BCUT2D eigenvalue weighted by atomic mass is 9.86. The monoisotopic (exact) mass is 514 g/mol. The lowest BCUT2D eigenvalue weighted by molar-refractivity contribution is 0.0708. The molecule has 0 radical (unpaired) electrons. The van der Waals surface area contributed by atoms with Crippen molar-refractivity contribution in [1.29, 1.82) is 0 Å². The lowest BCUT2D eigenvalue weighted by Crippen LogP contribution is -2.46. The van der Waals surface area contributed by atoms with Gasteiger partial charge in [-0.15, -0.1) is 0 Å². The van der Waals surface area contributed by atoms with Crippen LogP contribution in [0, 0.1) is 0 Å². The van der Waals surface area contributed by atoms with Crippen molar-refractivity contribution in [2.45, 2.75) is 37.5 Å². The second-order valence-electron chi connectivity index (χ2n) is 10.4. The third-order valence-corrected chi connectivity index (χ3v) is 7.74. The molecule has 1 atom stereocenters. The van der Waals surface area contributed by atoms with Crippen LogP contribution in [0.1, 0.15) is 58.4 Å². The molecular formula is C28H34N8O2. The first-order chi connectivity index (χ1) is 18.6. The van der Waals surface area contributed by atoms with Gasteiger partial charge in [0.2, 0.25) is 0 Å². The average Bonchev–Trinajstić information content (AvgIpc) is 3.47. The van der Waals surface area contributed by atoms with E-state index in [1.54, 1.807) is 0 Å². The first-order valence-electron chi connectivity index (χ1n) is 13.3. The number of nitrogens with zero attached hydrogens (tertiary/aromatic N) is 4. The minimum Gasteiger partial charge on any atom is -0.374 e. The van der Waals surface area contributed by atoms with Crippen molar-refractivity contribution >= 4 is 17.3 Å². The van der Waals surface area contributed by atoms with Crippen LogP contribution in [0.25, 0.3) is 0 Å². The maximum Gasteiger partial charge on any atom is 0.251 e. The number of likely N-dealkylation sites (tertiary alicyclic amines) is 1. The summed E-state index contributed by atoms with van der Waals surface area (Å²) in [6, 6.07) is 15.6. The van der Waals surface area contributed by atoms with Gasteiger partial charge in [0.15, 0.2) is 11.6 Å². The van der Waals surface area contributed by atoms with E-state index in [-0.39, 0.29) is 11.9 Å². The molecule has 10 nitrogen and oxygen atoms in total. The normalized spacial score (nSPS) is 21.3. The van der Waals surface area contributed by atoms with Gasteiger partial charge in [-0.3, -0.25) is 20.2 Å². The summed E-state index contributed by atoms with van der Waals surface area (Å²) in [5.41, 5.74) is 4.22. The number of amides is 1. The van der Waals surface area contributed by atoms with Crippen molar-refractivity contribution in [1.82, 2.24) is 30.7 Å². The number of H-pyrrole nitrogens is 1. The van der Waals surface area contributed by atoms with E-state index in [4.69, 9.17) is 9.72 Å². The number of nitrogens with one attached hydrogen (secondary N) is 4. The van der Waals surface area contributed by atoms with E-state index in [9.17, 15) is 4.79 Å². The number of piperidine rings is 1. The summed E-state index contributed by atoms with van der Waals surface area (Å²) >= 11 is 0. The van der Waals surface area contributed by atoms with Crippen molar-refractivity contribution in [3.8, 4) is 0 Å². The molecule has 2 aromatic carbocycles. The van der Waals surface area contributed by atoms with E-state index in [2.05, 4.69) is 49.2 Å². The number of carbonyl (C=O) groups excluding carboxylic acids is 1. The van der Waals surface area contributed by atoms with Crippen LogP contribution in [0.15, 0.2) is 53.5 Å². The van der Waals surface area contributed by atoms with Crippen LogP contribution in [0.3, 0.4) is 0 Å². The maximum absolute atomic E-state index is 13.3. The number of aromatic amines is 1. The standard InChI is InChI=1S/C28H34N8O2/c1-36-13-10-28(11-14-36,27-32-25(34-35-27)23-9-12-29-18-30-23)33-21-7-4-6-19(15-21)26(37)31-24-17-38-16-20-5-2-3-8-22(20)24/h2-8,15,24,29,33H,9-14,16-18H2,1H3,(H,31,37)(H,32,34,35)/t24-/m1/s1. The average molecular weight is 515 g/mol. The zero-order chi connectivity index (χ0) is 26.0. The predicted molar refractivity (Wildman–Crippen MR) is 145 cm³/mol.